The van der Waals surface area contributed by atoms with Gasteiger partial charge in [0.2, 0.25) is 0 Å². The summed E-state index contributed by atoms with van der Waals surface area (Å²) in [6, 6.07) is 19.1. The smallest absolute Gasteiger partial charge is 0.0409 e. The molecular weight excluding hydrogens is 347 g/mol. The molecule has 126 valence electrons. The van der Waals surface area contributed by atoms with E-state index in [-0.39, 0.29) is 5.41 Å². The molecule has 0 atom stereocenters. The first-order valence-corrected chi connectivity index (χ1v) is 9.31. The summed E-state index contributed by atoms with van der Waals surface area (Å²) in [4.78, 5) is 0. The average Bonchev–Trinajstić information content (AvgIpc) is 2.91. The van der Waals surface area contributed by atoms with E-state index in [4.69, 9.17) is 23.2 Å². The first-order chi connectivity index (χ1) is 11.8. The molecule has 4 rings (SSSR count). The second kappa shape index (κ2) is 5.90. The van der Waals surface area contributed by atoms with Crippen LogP contribution in [0.25, 0.3) is 22.3 Å². The summed E-state index contributed by atoms with van der Waals surface area (Å²) in [6.07, 6.45) is 0.924. The maximum absolute atomic E-state index is 6.23. The highest BCUT2D eigenvalue weighted by Crippen LogP contribution is 2.45. The van der Waals surface area contributed by atoms with Crippen molar-refractivity contribution in [2.75, 3.05) is 0 Å². The second-order valence-corrected chi connectivity index (χ2v) is 8.66. The molecule has 0 bridgehead atoms. The topological polar surface area (TPSA) is 0 Å². The van der Waals surface area contributed by atoms with Gasteiger partial charge in [-0.25, -0.2) is 0 Å². The van der Waals surface area contributed by atoms with Gasteiger partial charge in [-0.3, -0.25) is 0 Å². The summed E-state index contributed by atoms with van der Waals surface area (Å²) in [6.45, 7) is 6.79. The van der Waals surface area contributed by atoms with Gasteiger partial charge in [-0.1, -0.05) is 74.3 Å². The lowest BCUT2D eigenvalue weighted by Crippen LogP contribution is -2.11. The monoisotopic (exact) mass is 366 g/mol. The van der Waals surface area contributed by atoms with Gasteiger partial charge in [0.05, 0.1) is 0 Å². The molecule has 0 saturated heterocycles. The first kappa shape index (κ1) is 16.7. The molecule has 0 spiro atoms. The van der Waals surface area contributed by atoms with Crippen molar-refractivity contribution in [2.24, 2.45) is 0 Å². The normalized spacial score (nSPS) is 12.8. The number of benzene rings is 3. The molecular formula is C23H20Cl2. The molecule has 0 saturated carbocycles. The van der Waals surface area contributed by atoms with Crippen LogP contribution in [0.1, 0.15) is 37.5 Å². The fraction of sp³-hybridized carbons (Fsp3) is 0.217. The fourth-order valence-corrected chi connectivity index (χ4v) is 3.91. The van der Waals surface area contributed by atoms with E-state index in [1.54, 1.807) is 0 Å². The summed E-state index contributed by atoms with van der Waals surface area (Å²) in [7, 11) is 0. The molecule has 0 amide bonds. The number of hydrogen-bond donors (Lipinski definition) is 0. The lowest BCUT2D eigenvalue weighted by molar-refractivity contribution is 0.590. The zero-order valence-electron chi connectivity index (χ0n) is 14.7. The van der Waals surface area contributed by atoms with Crippen LogP contribution in [0, 0.1) is 0 Å². The van der Waals surface area contributed by atoms with E-state index < -0.39 is 0 Å². The largest absolute Gasteiger partial charge is 0.0843 e. The van der Waals surface area contributed by atoms with Gasteiger partial charge in [-0.05, 0) is 75.0 Å². The number of fused-ring (bicyclic) bond motifs is 3. The molecule has 0 N–H and O–H groups in total. The van der Waals surface area contributed by atoms with Crippen LogP contribution in [0.15, 0.2) is 54.6 Å². The molecule has 0 heterocycles. The zero-order chi connectivity index (χ0) is 17.8. The Morgan fingerprint density at radius 3 is 2.04 bits per heavy atom. The van der Waals surface area contributed by atoms with Crippen LogP contribution in [-0.4, -0.2) is 0 Å². The molecule has 0 nitrogen and oxygen atoms in total. The van der Waals surface area contributed by atoms with Crippen molar-refractivity contribution < 1.29 is 0 Å². The third-order valence-corrected chi connectivity index (χ3v) is 5.48. The Morgan fingerprint density at radius 1 is 0.720 bits per heavy atom. The summed E-state index contributed by atoms with van der Waals surface area (Å²) in [5, 5.41) is 1.57. The highest BCUT2D eigenvalue weighted by molar-refractivity contribution is 6.31. The maximum Gasteiger partial charge on any atom is 0.0409 e. The number of rotatable bonds is 1. The minimum Gasteiger partial charge on any atom is -0.0843 e. The lowest BCUT2D eigenvalue weighted by Gasteiger charge is -2.22. The highest BCUT2D eigenvalue weighted by atomic mass is 35.5. The van der Waals surface area contributed by atoms with Crippen LogP contribution in [-0.2, 0) is 11.8 Å². The Balaban J connectivity index is 1.98. The minimum absolute atomic E-state index is 0.0887. The Morgan fingerprint density at radius 2 is 1.36 bits per heavy atom. The van der Waals surface area contributed by atoms with Crippen LogP contribution in [0.3, 0.4) is 0 Å². The second-order valence-electron chi connectivity index (χ2n) is 7.79. The van der Waals surface area contributed by atoms with Gasteiger partial charge >= 0.3 is 0 Å². The van der Waals surface area contributed by atoms with Crippen molar-refractivity contribution >= 4 is 23.2 Å². The zero-order valence-corrected chi connectivity index (χ0v) is 16.2. The highest BCUT2D eigenvalue weighted by Gasteiger charge is 2.25. The van der Waals surface area contributed by atoms with Gasteiger partial charge in [-0.2, -0.15) is 0 Å². The van der Waals surface area contributed by atoms with Crippen molar-refractivity contribution in [3.05, 3.63) is 81.3 Å². The molecule has 3 aromatic carbocycles. The number of halogens is 2. The molecule has 3 aromatic rings. The summed E-state index contributed by atoms with van der Waals surface area (Å²) in [5.41, 5.74) is 9.28. The number of hydrogen-bond acceptors (Lipinski definition) is 0. The van der Waals surface area contributed by atoms with Crippen LogP contribution >= 0.6 is 23.2 Å². The van der Waals surface area contributed by atoms with Crippen molar-refractivity contribution in [1.82, 2.24) is 0 Å². The predicted octanol–water partition coefficient (Wildman–Crippen LogP) is 7.53. The fourth-order valence-electron chi connectivity index (χ4n) is 3.58. The Labute approximate surface area is 159 Å². The molecule has 0 fully saturated rings. The van der Waals surface area contributed by atoms with Gasteiger partial charge < -0.3 is 0 Å². The van der Waals surface area contributed by atoms with Crippen molar-refractivity contribution in [1.29, 1.82) is 0 Å². The first-order valence-electron chi connectivity index (χ1n) is 8.55. The molecule has 0 unspecified atom stereocenters. The molecule has 2 heteroatoms. The standard InChI is InChI=1S/C23H20Cl2/c1-23(2,3)16-12-20(14-4-6-17(24)7-5-14)21-11-15-10-18(25)8-9-19(15)22(21)13-16/h4-10,12-13H,11H2,1-3H3. The third-order valence-electron chi connectivity index (χ3n) is 5.00. The predicted molar refractivity (Wildman–Crippen MR) is 109 cm³/mol. The van der Waals surface area contributed by atoms with Crippen molar-refractivity contribution in [2.45, 2.75) is 32.6 Å². The lowest BCUT2D eigenvalue weighted by atomic mass is 9.82. The van der Waals surface area contributed by atoms with Gasteiger partial charge in [0.15, 0.2) is 0 Å². The van der Waals surface area contributed by atoms with Crippen LogP contribution in [0.2, 0.25) is 10.0 Å². The third kappa shape index (κ3) is 2.99. The van der Waals surface area contributed by atoms with E-state index in [1.165, 1.54) is 38.9 Å². The average molecular weight is 367 g/mol. The summed E-state index contributed by atoms with van der Waals surface area (Å²) in [5.74, 6) is 0. The summed E-state index contributed by atoms with van der Waals surface area (Å²) < 4.78 is 0. The van der Waals surface area contributed by atoms with E-state index in [0.29, 0.717) is 0 Å². The minimum atomic E-state index is 0.0887. The van der Waals surface area contributed by atoms with Gasteiger partial charge in [0.25, 0.3) is 0 Å². The molecule has 1 aliphatic carbocycles. The van der Waals surface area contributed by atoms with Gasteiger partial charge in [0, 0.05) is 10.0 Å². The van der Waals surface area contributed by atoms with E-state index in [0.717, 1.165) is 16.5 Å². The van der Waals surface area contributed by atoms with E-state index in [2.05, 4.69) is 57.2 Å². The van der Waals surface area contributed by atoms with Crippen LogP contribution < -0.4 is 0 Å². The summed E-state index contributed by atoms with van der Waals surface area (Å²) >= 11 is 12.3. The molecule has 0 aromatic heterocycles. The van der Waals surface area contributed by atoms with Gasteiger partial charge in [-0.15, -0.1) is 0 Å². The molecule has 1 aliphatic rings. The SMILES string of the molecule is CC(C)(C)c1cc(-c2ccc(Cl)cc2)c2c(c1)-c1ccc(Cl)cc1C2. The van der Waals surface area contributed by atoms with Crippen LogP contribution in [0.4, 0.5) is 0 Å². The Kier molecular flexibility index (Phi) is 3.94. The quantitative estimate of drug-likeness (QED) is 0.326. The maximum atomic E-state index is 6.23. The molecule has 0 radical (unpaired) electrons. The van der Waals surface area contributed by atoms with Gasteiger partial charge in [0.1, 0.15) is 0 Å². The van der Waals surface area contributed by atoms with E-state index in [9.17, 15) is 0 Å². The Bertz CT molecular complexity index is 961. The molecule has 25 heavy (non-hydrogen) atoms. The Hall–Kier alpha value is -1.76. The van der Waals surface area contributed by atoms with E-state index in [1.807, 2.05) is 18.2 Å². The van der Waals surface area contributed by atoms with Crippen LogP contribution in [0.5, 0.6) is 0 Å². The molecule has 0 aliphatic heterocycles. The van der Waals surface area contributed by atoms with E-state index >= 15 is 0 Å². The van der Waals surface area contributed by atoms with Crippen molar-refractivity contribution in [3.8, 4) is 22.3 Å². The van der Waals surface area contributed by atoms with Crippen molar-refractivity contribution in [3.63, 3.8) is 0 Å².